The summed E-state index contributed by atoms with van der Waals surface area (Å²) >= 11 is -1.33. The van der Waals surface area contributed by atoms with Crippen molar-refractivity contribution in [2.45, 2.75) is 63.5 Å². The maximum atomic E-state index is 13.8. The average Bonchev–Trinajstić information content (AvgIpc) is 3.60. The van der Waals surface area contributed by atoms with Crippen molar-refractivity contribution in [3.05, 3.63) is 88.6 Å². The van der Waals surface area contributed by atoms with E-state index in [-0.39, 0.29) is 24.6 Å². The number of benzene rings is 2. The molecule has 0 radical (unpaired) electrons. The maximum absolute atomic E-state index is 13.8. The topological polar surface area (TPSA) is 95.0 Å². The van der Waals surface area contributed by atoms with Crippen molar-refractivity contribution in [3.63, 3.8) is 0 Å². The third kappa shape index (κ3) is 8.14. The lowest BCUT2D eigenvalue weighted by molar-refractivity contribution is 0.0932. The number of carbonyl (C=O) groups excluding carboxylic acids is 1. The number of aliphatic hydroxyl groups is 1. The number of likely N-dealkylation sites (tertiary alicyclic amines) is 1. The van der Waals surface area contributed by atoms with Crippen LogP contribution in [0.5, 0.6) is 0 Å². The van der Waals surface area contributed by atoms with Crippen LogP contribution in [0.25, 0.3) is 11.3 Å². The van der Waals surface area contributed by atoms with E-state index in [0.717, 1.165) is 48.3 Å². The van der Waals surface area contributed by atoms with Crippen molar-refractivity contribution in [3.8, 4) is 23.1 Å². The molecule has 238 valence electrons. The molecule has 9 heteroatoms. The van der Waals surface area contributed by atoms with E-state index < -0.39 is 16.1 Å². The third-order valence-electron chi connectivity index (χ3n) is 8.14. The fourth-order valence-corrected chi connectivity index (χ4v) is 7.45. The van der Waals surface area contributed by atoms with Crippen LogP contribution in [0, 0.1) is 11.8 Å². The highest BCUT2D eigenvalue weighted by Crippen LogP contribution is 2.45. The summed E-state index contributed by atoms with van der Waals surface area (Å²) in [6, 6.07) is 19.9. The molecule has 45 heavy (non-hydrogen) atoms. The van der Waals surface area contributed by atoms with E-state index in [4.69, 9.17) is 4.98 Å². The van der Waals surface area contributed by atoms with Gasteiger partial charge in [0.1, 0.15) is 10.4 Å². The fourth-order valence-electron chi connectivity index (χ4n) is 6.04. The number of carbonyl (C=O) groups is 1. The van der Waals surface area contributed by atoms with Crippen LogP contribution >= 0.6 is 0 Å². The van der Waals surface area contributed by atoms with Gasteiger partial charge in [-0.1, -0.05) is 54.3 Å². The van der Waals surface area contributed by atoms with E-state index in [1.165, 1.54) is 5.56 Å². The second kappa shape index (κ2) is 14.5. The molecule has 2 aliphatic heterocycles. The molecule has 0 bridgehead atoms. The van der Waals surface area contributed by atoms with Gasteiger partial charge in [-0.15, -0.1) is 4.31 Å². The van der Waals surface area contributed by atoms with Gasteiger partial charge in [0.25, 0.3) is 5.91 Å². The van der Waals surface area contributed by atoms with Crippen molar-refractivity contribution in [1.29, 1.82) is 0 Å². The summed E-state index contributed by atoms with van der Waals surface area (Å²) < 4.78 is 15.2. The monoisotopic (exact) mass is 627 g/mol. The highest BCUT2D eigenvalue weighted by molar-refractivity contribution is 7.90. The molecular weight excluding hydrogens is 582 g/mol. The summed E-state index contributed by atoms with van der Waals surface area (Å²) in [5, 5.41) is 13.3. The minimum absolute atomic E-state index is 0.0297. The number of aromatic nitrogens is 1. The van der Waals surface area contributed by atoms with Gasteiger partial charge >= 0.3 is 0 Å². The van der Waals surface area contributed by atoms with Gasteiger partial charge in [-0.05, 0) is 77.0 Å². The molecule has 8 nitrogen and oxygen atoms in total. The van der Waals surface area contributed by atoms with Gasteiger partial charge < -0.3 is 15.0 Å². The van der Waals surface area contributed by atoms with Crippen LogP contribution in [-0.2, 0) is 24.5 Å². The summed E-state index contributed by atoms with van der Waals surface area (Å²) in [7, 11) is 3.96. The van der Waals surface area contributed by atoms with Gasteiger partial charge in [0.15, 0.2) is 0 Å². The number of hydrogen-bond donors (Lipinski definition) is 2. The predicted octanol–water partition coefficient (Wildman–Crippen LogP) is 4.37. The Hall–Kier alpha value is -3.23. The minimum Gasteiger partial charge on any atom is -0.597 e. The average molecular weight is 628 g/mol. The van der Waals surface area contributed by atoms with Crippen molar-refractivity contribution in [2.75, 3.05) is 40.3 Å². The lowest BCUT2D eigenvalue weighted by Gasteiger charge is -2.33. The molecule has 5 rings (SSSR count). The third-order valence-corrected chi connectivity index (χ3v) is 10.0. The Kier molecular flexibility index (Phi) is 10.7. The zero-order chi connectivity index (χ0) is 32.1. The molecule has 3 aromatic rings. The van der Waals surface area contributed by atoms with Crippen LogP contribution in [0.1, 0.15) is 72.4 Å². The van der Waals surface area contributed by atoms with E-state index >= 15 is 0 Å². The number of pyridine rings is 1. The number of rotatable bonds is 9. The van der Waals surface area contributed by atoms with Gasteiger partial charge in [0.2, 0.25) is 0 Å². The van der Waals surface area contributed by atoms with Crippen LogP contribution in [-0.4, -0.2) is 85.8 Å². The number of amides is 1. The smallest absolute Gasteiger partial charge is 0.270 e. The van der Waals surface area contributed by atoms with Crippen LogP contribution < -0.4 is 5.32 Å². The lowest BCUT2D eigenvalue weighted by atomic mass is 9.95. The Morgan fingerprint density at radius 2 is 1.93 bits per heavy atom. The molecule has 2 N–H and O–H groups in total. The predicted molar refractivity (Wildman–Crippen MR) is 181 cm³/mol. The SMILES string of the molecule is CN(C)CC#Cc1cccc(-c2nc(C(=O)N[C@@H]3CCN(Cc4ccccc4)C3)cc3c2[C@@H](CCO)N([S+]([O-])C(C)(C)C)C3)c1. The number of hydrogen-bond acceptors (Lipinski definition) is 7. The Labute approximate surface area is 271 Å². The number of nitrogens with one attached hydrogen (secondary N) is 1. The van der Waals surface area contributed by atoms with E-state index in [1.54, 1.807) is 0 Å². The molecule has 3 atom stereocenters. The van der Waals surface area contributed by atoms with Crippen molar-refractivity contribution in [2.24, 2.45) is 0 Å². The van der Waals surface area contributed by atoms with Gasteiger partial charge in [0.05, 0.1) is 24.8 Å². The zero-order valence-corrected chi connectivity index (χ0v) is 27.9. The molecular formula is C36H45N5O3S. The molecule has 0 spiro atoms. The highest BCUT2D eigenvalue weighted by atomic mass is 32.2. The molecule has 1 fully saturated rings. The summed E-state index contributed by atoms with van der Waals surface area (Å²) in [5.41, 5.74) is 5.83. The van der Waals surface area contributed by atoms with Gasteiger partial charge in [-0.3, -0.25) is 14.6 Å². The number of fused-ring (bicyclic) bond motifs is 1. The van der Waals surface area contributed by atoms with Crippen LogP contribution in [0.4, 0.5) is 0 Å². The second-order valence-electron chi connectivity index (χ2n) is 13.2. The number of aliphatic hydroxyl groups excluding tert-OH is 1. The first kappa shape index (κ1) is 33.1. The highest BCUT2D eigenvalue weighted by Gasteiger charge is 2.45. The number of nitrogens with zero attached hydrogens (tertiary/aromatic N) is 4. The molecule has 1 amide bonds. The Bertz CT molecular complexity index is 1550. The minimum atomic E-state index is -1.33. The van der Waals surface area contributed by atoms with Crippen LogP contribution in [0.2, 0.25) is 0 Å². The van der Waals surface area contributed by atoms with E-state index in [2.05, 4.69) is 46.3 Å². The normalized spacial score (nSPS) is 19.3. The molecule has 3 heterocycles. The Balaban J connectivity index is 1.47. The first-order chi connectivity index (χ1) is 21.5. The van der Waals surface area contributed by atoms with Gasteiger partial charge in [0, 0.05) is 60.3 Å². The van der Waals surface area contributed by atoms with E-state index in [0.29, 0.717) is 30.9 Å². The fraction of sp³-hybridized carbons (Fsp3) is 0.444. The van der Waals surface area contributed by atoms with Crippen molar-refractivity contribution >= 4 is 17.3 Å². The standard InChI is InChI=1S/C36H45N5O3S/c1-36(2,3)45(44)41-24-29-22-31(35(43)37-30-16-19-40(25-30)23-27-11-7-6-8-12-27)38-34(33(29)32(41)17-20-42)28-15-9-13-26(21-28)14-10-18-39(4)5/h6-9,11-13,15,21-22,30,32,42H,16-20,23-25H2,1-5H3,(H,37,43)/t30-,32-,45?/m1/s1. The van der Waals surface area contributed by atoms with Crippen molar-refractivity contribution < 1.29 is 14.5 Å². The van der Waals surface area contributed by atoms with Gasteiger partial charge in [-0.2, -0.15) is 0 Å². The quantitative estimate of drug-likeness (QED) is 0.269. The molecule has 2 aromatic carbocycles. The zero-order valence-electron chi connectivity index (χ0n) is 27.0. The van der Waals surface area contributed by atoms with E-state index in [9.17, 15) is 14.5 Å². The summed E-state index contributed by atoms with van der Waals surface area (Å²) in [5.74, 6) is 6.23. The van der Waals surface area contributed by atoms with Gasteiger partial charge in [-0.25, -0.2) is 4.98 Å². The maximum Gasteiger partial charge on any atom is 0.270 e. The summed E-state index contributed by atoms with van der Waals surface area (Å²) in [6.07, 6.45) is 1.29. The first-order valence-electron chi connectivity index (χ1n) is 15.7. The molecule has 0 aliphatic carbocycles. The van der Waals surface area contributed by atoms with Crippen molar-refractivity contribution in [1.82, 2.24) is 24.4 Å². The lowest BCUT2D eigenvalue weighted by Crippen LogP contribution is -2.42. The molecule has 1 aromatic heterocycles. The summed E-state index contributed by atoms with van der Waals surface area (Å²) in [6.45, 7) is 9.43. The largest absolute Gasteiger partial charge is 0.597 e. The summed E-state index contributed by atoms with van der Waals surface area (Å²) in [4.78, 5) is 23.1. The van der Waals surface area contributed by atoms with Crippen LogP contribution in [0.3, 0.4) is 0 Å². The first-order valence-corrected chi connectivity index (χ1v) is 16.8. The Morgan fingerprint density at radius 1 is 1.16 bits per heavy atom. The molecule has 1 unspecified atom stereocenters. The molecule has 1 saturated heterocycles. The van der Waals surface area contributed by atoms with Crippen LogP contribution in [0.15, 0.2) is 60.7 Å². The second-order valence-corrected chi connectivity index (χ2v) is 15.4. The molecule has 2 aliphatic rings. The van der Waals surface area contributed by atoms with E-state index in [1.807, 2.05) is 80.5 Å². The Morgan fingerprint density at radius 3 is 2.64 bits per heavy atom. The molecule has 0 saturated carbocycles.